The van der Waals surface area contributed by atoms with Crippen molar-refractivity contribution in [3.8, 4) is 34.1 Å². The number of fused-ring (bicyclic) bond motifs is 1. The fraction of sp³-hybridized carbons (Fsp3) is 0.0769. The molecule has 0 fully saturated rings. The lowest BCUT2D eigenvalue weighted by atomic mass is 10.1. The summed E-state index contributed by atoms with van der Waals surface area (Å²) in [4.78, 5) is 20.1. The monoisotopic (exact) mass is 452 g/mol. The number of aromatic hydroxyl groups is 2. The number of rotatable bonds is 5. The lowest BCUT2D eigenvalue weighted by Gasteiger charge is -2.08. The standard InChI is InChI=1S/C26H20N4O4/c1-16-2-4-17(5-3-16)14-22-26(32)29-15-23(18-8-12-21(31)13-9-18)27-24(25(29)28-22)19-6-10-20(11-7-19)30(33)34/h2-13,15,31-32H,14H2,1H3. The van der Waals surface area contributed by atoms with Gasteiger partial charge in [0.25, 0.3) is 5.69 Å². The Morgan fingerprint density at radius 3 is 2.18 bits per heavy atom. The van der Waals surface area contributed by atoms with Gasteiger partial charge >= 0.3 is 0 Å². The maximum absolute atomic E-state index is 11.1. The van der Waals surface area contributed by atoms with Crippen LogP contribution in [0, 0.1) is 17.0 Å². The molecule has 0 amide bonds. The van der Waals surface area contributed by atoms with E-state index in [-0.39, 0.29) is 17.3 Å². The maximum atomic E-state index is 11.1. The molecule has 5 aromatic rings. The molecule has 0 spiro atoms. The van der Waals surface area contributed by atoms with E-state index in [1.165, 1.54) is 12.1 Å². The highest BCUT2D eigenvalue weighted by Gasteiger charge is 2.19. The molecule has 0 atom stereocenters. The number of non-ortho nitro benzene ring substituents is 1. The SMILES string of the molecule is Cc1ccc(Cc2nc3c(-c4ccc([N+](=O)[O-])cc4)nc(-c4ccc(O)cc4)cn3c2O)cc1. The summed E-state index contributed by atoms with van der Waals surface area (Å²) in [6.07, 6.45) is 2.12. The molecule has 8 nitrogen and oxygen atoms in total. The van der Waals surface area contributed by atoms with Gasteiger partial charge in [-0.25, -0.2) is 9.97 Å². The summed E-state index contributed by atoms with van der Waals surface area (Å²) in [6, 6.07) is 20.6. The molecule has 168 valence electrons. The minimum Gasteiger partial charge on any atom is -0.508 e. The summed E-state index contributed by atoms with van der Waals surface area (Å²) in [5, 5.41) is 31.8. The molecular formula is C26H20N4O4. The fourth-order valence-corrected chi connectivity index (χ4v) is 3.81. The van der Waals surface area contributed by atoms with Crippen molar-refractivity contribution < 1.29 is 15.1 Å². The highest BCUT2D eigenvalue weighted by molar-refractivity contribution is 5.78. The molecule has 34 heavy (non-hydrogen) atoms. The van der Waals surface area contributed by atoms with Crippen LogP contribution in [0.3, 0.4) is 0 Å². The van der Waals surface area contributed by atoms with Crippen molar-refractivity contribution in [3.63, 3.8) is 0 Å². The van der Waals surface area contributed by atoms with E-state index >= 15 is 0 Å². The summed E-state index contributed by atoms with van der Waals surface area (Å²) in [5.41, 5.74) is 5.45. The van der Waals surface area contributed by atoms with Crippen LogP contribution in [-0.4, -0.2) is 29.5 Å². The van der Waals surface area contributed by atoms with E-state index in [0.29, 0.717) is 34.7 Å². The van der Waals surface area contributed by atoms with Crippen LogP contribution in [0.4, 0.5) is 5.69 Å². The summed E-state index contributed by atoms with van der Waals surface area (Å²) in [5.74, 6) is 0.132. The van der Waals surface area contributed by atoms with E-state index in [0.717, 1.165) is 16.7 Å². The van der Waals surface area contributed by atoms with E-state index in [1.54, 1.807) is 47.0 Å². The molecule has 0 saturated carbocycles. The lowest BCUT2D eigenvalue weighted by molar-refractivity contribution is -0.384. The number of hydrogen-bond donors (Lipinski definition) is 2. The Bertz CT molecular complexity index is 1510. The topological polar surface area (TPSA) is 114 Å². The van der Waals surface area contributed by atoms with E-state index in [9.17, 15) is 20.3 Å². The van der Waals surface area contributed by atoms with Gasteiger partial charge in [-0.15, -0.1) is 0 Å². The molecule has 0 aliphatic heterocycles. The summed E-state index contributed by atoms with van der Waals surface area (Å²) in [7, 11) is 0. The van der Waals surface area contributed by atoms with Gasteiger partial charge in [-0.2, -0.15) is 0 Å². The van der Waals surface area contributed by atoms with Crippen molar-refractivity contribution in [3.05, 3.63) is 106 Å². The zero-order valence-electron chi connectivity index (χ0n) is 18.2. The van der Waals surface area contributed by atoms with Crippen LogP contribution in [0.5, 0.6) is 11.6 Å². The van der Waals surface area contributed by atoms with E-state index in [2.05, 4.69) is 4.98 Å². The number of aryl methyl sites for hydroxylation is 1. The van der Waals surface area contributed by atoms with Crippen molar-refractivity contribution in [1.29, 1.82) is 0 Å². The second-order valence-electron chi connectivity index (χ2n) is 8.06. The van der Waals surface area contributed by atoms with Crippen LogP contribution in [0.15, 0.2) is 79.0 Å². The predicted octanol–water partition coefficient (Wildman–Crippen LogP) is 5.28. The van der Waals surface area contributed by atoms with Gasteiger partial charge in [0.2, 0.25) is 5.88 Å². The average molecular weight is 452 g/mol. The Morgan fingerprint density at radius 2 is 1.53 bits per heavy atom. The number of aromatic nitrogens is 3. The third-order valence-electron chi connectivity index (χ3n) is 5.66. The Morgan fingerprint density at radius 1 is 0.882 bits per heavy atom. The van der Waals surface area contributed by atoms with Crippen molar-refractivity contribution in [2.45, 2.75) is 13.3 Å². The van der Waals surface area contributed by atoms with Crippen molar-refractivity contribution in [2.24, 2.45) is 0 Å². The van der Waals surface area contributed by atoms with Crippen molar-refractivity contribution in [2.75, 3.05) is 0 Å². The Kier molecular flexibility index (Phi) is 5.18. The molecule has 2 aromatic heterocycles. The number of phenolic OH excluding ortho intramolecular Hbond substituents is 1. The van der Waals surface area contributed by atoms with Gasteiger partial charge in [0.15, 0.2) is 5.65 Å². The second kappa shape index (κ2) is 8.32. The molecule has 0 unspecified atom stereocenters. The molecule has 0 saturated heterocycles. The zero-order chi connectivity index (χ0) is 23.8. The van der Waals surface area contributed by atoms with E-state index in [1.807, 2.05) is 31.2 Å². The predicted molar refractivity (Wildman–Crippen MR) is 128 cm³/mol. The molecule has 2 heterocycles. The van der Waals surface area contributed by atoms with Crippen LogP contribution in [0.25, 0.3) is 28.2 Å². The number of nitrogens with zero attached hydrogens (tertiary/aromatic N) is 4. The summed E-state index contributed by atoms with van der Waals surface area (Å²) < 4.78 is 1.58. The molecule has 0 radical (unpaired) electrons. The van der Waals surface area contributed by atoms with E-state index < -0.39 is 4.92 Å². The highest BCUT2D eigenvalue weighted by atomic mass is 16.6. The molecule has 0 bridgehead atoms. The van der Waals surface area contributed by atoms with Gasteiger partial charge in [0, 0.05) is 35.9 Å². The van der Waals surface area contributed by atoms with Gasteiger partial charge in [0.05, 0.1) is 10.6 Å². The molecule has 2 N–H and O–H groups in total. The Hall–Kier alpha value is -4.72. The molecule has 3 aromatic carbocycles. The van der Waals surface area contributed by atoms with Crippen molar-refractivity contribution in [1.82, 2.24) is 14.4 Å². The minimum atomic E-state index is -0.458. The first-order valence-electron chi connectivity index (χ1n) is 10.6. The fourth-order valence-electron chi connectivity index (χ4n) is 3.81. The first-order valence-corrected chi connectivity index (χ1v) is 10.6. The number of nitro groups is 1. The third-order valence-corrected chi connectivity index (χ3v) is 5.66. The molecule has 5 rings (SSSR count). The molecule has 8 heteroatoms. The van der Waals surface area contributed by atoms with Gasteiger partial charge in [-0.05, 0) is 48.9 Å². The van der Waals surface area contributed by atoms with Gasteiger partial charge in [0.1, 0.15) is 17.1 Å². The zero-order valence-corrected chi connectivity index (χ0v) is 18.2. The number of imidazole rings is 1. The Balaban J connectivity index is 1.69. The van der Waals surface area contributed by atoms with Crippen LogP contribution in [0.2, 0.25) is 0 Å². The third kappa shape index (κ3) is 3.93. The normalized spacial score (nSPS) is 11.1. The van der Waals surface area contributed by atoms with Crippen molar-refractivity contribution >= 4 is 11.3 Å². The summed E-state index contributed by atoms with van der Waals surface area (Å²) >= 11 is 0. The molecule has 0 aliphatic rings. The first-order chi connectivity index (χ1) is 16.4. The summed E-state index contributed by atoms with van der Waals surface area (Å²) in [6.45, 7) is 2.01. The van der Waals surface area contributed by atoms with Gasteiger partial charge in [-0.3, -0.25) is 14.5 Å². The number of phenols is 1. The quantitative estimate of drug-likeness (QED) is 0.277. The van der Waals surface area contributed by atoms with Crippen LogP contribution < -0.4 is 0 Å². The number of nitro benzene ring substituents is 1. The first kappa shape index (κ1) is 21.1. The van der Waals surface area contributed by atoms with Gasteiger partial charge < -0.3 is 10.2 Å². The van der Waals surface area contributed by atoms with Crippen LogP contribution in [0.1, 0.15) is 16.8 Å². The second-order valence-corrected chi connectivity index (χ2v) is 8.06. The average Bonchev–Trinajstić information content (AvgIpc) is 3.15. The number of hydrogen-bond acceptors (Lipinski definition) is 6. The molecule has 0 aliphatic carbocycles. The largest absolute Gasteiger partial charge is 0.508 e. The van der Waals surface area contributed by atoms with Crippen LogP contribution in [-0.2, 0) is 6.42 Å². The van der Waals surface area contributed by atoms with Crippen LogP contribution >= 0.6 is 0 Å². The molecular weight excluding hydrogens is 432 g/mol. The Labute approximate surface area is 194 Å². The van der Waals surface area contributed by atoms with E-state index in [4.69, 9.17) is 4.98 Å². The minimum absolute atomic E-state index is 0.00108. The maximum Gasteiger partial charge on any atom is 0.269 e. The number of benzene rings is 3. The lowest BCUT2D eigenvalue weighted by Crippen LogP contribution is -1.96. The smallest absolute Gasteiger partial charge is 0.269 e. The van der Waals surface area contributed by atoms with Gasteiger partial charge in [-0.1, -0.05) is 29.8 Å². The highest BCUT2D eigenvalue weighted by Crippen LogP contribution is 2.32.